The molecule has 1 aliphatic heterocycles. The zero-order valence-corrected chi connectivity index (χ0v) is 25.8. The smallest absolute Gasteiger partial charge is 0.254 e. The summed E-state index contributed by atoms with van der Waals surface area (Å²) in [7, 11) is 0. The first-order chi connectivity index (χ1) is 22.4. The van der Waals surface area contributed by atoms with Crippen molar-refractivity contribution in [2.24, 2.45) is 11.5 Å². The van der Waals surface area contributed by atoms with Crippen molar-refractivity contribution in [1.29, 1.82) is 5.41 Å². The number of nitrogen functional groups attached to an aromatic ring is 1. The highest BCUT2D eigenvalue weighted by molar-refractivity contribution is 5.97. The summed E-state index contributed by atoms with van der Waals surface area (Å²) in [5.41, 5.74) is 17.8. The molecule has 1 atom stereocenters. The Kier molecular flexibility index (Phi) is 9.51. The number of hydrogen-bond acceptors (Lipinski definition) is 5. The van der Waals surface area contributed by atoms with Gasteiger partial charge in [0.05, 0.1) is 23.7 Å². The normalized spacial score (nSPS) is 14.5. The summed E-state index contributed by atoms with van der Waals surface area (Å²) in [6.45, 7) is 2.34. The number of imidazole rings is 1. The van der Waals surface area contributed by atoms with E-state index in [0.29, 0.717) is 42.7 Å². The number of aryl methyl sites for hydroxylation is 2. The van der Waals surface area contributed by atoms with Crippen LogP contribution in [0, 0.1) is 11.2 Å². The molecule has 6 rings (SSSR count). The fourth-order valence-corrected chi connectivity index (χ4v) is 6.02. The zero-order valence-electron chi connectivity index (χ0n) is 25.8. The lowest BCUT2D eigenvalue weighted by atomic mass is 10.1. The van der Waals surface area contributed by atoms with Gasteiger partial charge in [0.15, 0.2) is 0 Å². The molecule has 9 heteroatoms. The lowest BCUT2D eigenvalue weighted by Gasteiger charge is -2.24. The first kappa shape index (κ1) is 31.1. The number of amidine groups is 1. The van der Waals surface area contributed by atoms with Crippen molar-refractivity contribution < 1.29 is 13.9 Å². The number of amides is 1. The van der Waals surface area contributed by atoms with E-state index in [-0.39, 0.29) is 30.2 Å². The molecule has 46 heavy (non-hydrogen) atoms. The van der Waals surface area contributed by atoms with Gasteiger partial charge in [-0.15, -0.1) is 0 Å². The van der Waals surface area contributed by atoms with Gasteiger partial charge in [0, 0.05) is 49.4 Å². The van der Waals surface area contributed by atoms with E-state index in [4.69, 9.17) is 26.6 Å². The molecule has 1 unspecified atom stereocenters. The number of halogens is 1. The molecule has 1 aromatic heterocycles. The number of carbonyl (C=O) groups excluding carboxylic acids is 1. The van der Waals surface area contributed by atoms with Crippen molar-refractivity contribution in [1.82, 2.24) is 14.5 Å². The number of nitrogens with one attached hydrogen (secondary N) is 1. The van der Waals surface area contributed by atoms with Crippen LogP contribution in [0.15, 0.2) is 91.0 Å². The Balaban J connectivity index is 1.30. The van der Waals surface area contributed by atoms with Gasteiger partial charge in [0.2, 0.25) is 0 Å². The summed E-state index contributed by atoms with van der Waals surface area (Å²) in [4.78, 5) is 20.8. The van der Waals surface area contributed by atoms with Gasteiger partial charge in [0.1, 0.15) is 17.5 Å². The summed E-state index contributed by atoms with van der Waals surface area (Å²) in [6.07, 6.45) is 3.62. The predicted molar refractivity (Wildman–Crippen MR) is 178 cm³/mol. The average Bonchev–Trinajstić information content (AvgIpc) is 3.72. The summed E-state index contributed by atoms with van der Waals surface area (Å²) < 4.78 is 22.9. The maximum Gasteiger partial charge on any atom is 0.254 e. The number of aromatic nitrogens is 2. The van der Waals surface area contributed by atoms with Gasteiger partial charge >= 0.3 is 0 Å². The lowest BCUT2D eigenvalue weighted by molar-refractivity contribution is 0.0728. The third-order valence-electron chi connectivity index (χ3n) is 8.63. The van der Waals surface area contributed by atoms with Gasteiger partial charge in [-0.2, -0.15) is 0 Å². The highest BCUT2D eigenvalue weighted by Crippen LogP contribution is 2.25. The average molecular weight is 619 g/mol. The summed E-state index contributed by atoms with van der Waals surface area (Å²) >= 11 is 0. The van der Waals surface area contributed by atoms with Crippen LogP contribution in [0.5, 0.6) is 0 Å². The van der Waals surface area contributed by atoms with E-state index in [0.717, 1.165) is 59.4 Å². The lowest BCUT2D eigenvalue weighted by Crippen LogP contribution is -2.30. The van der Waals surface area contributed by atoms with E-state index in [1.807, 2.05) is 66.7 Å². The first-order valence-corrected chi connectivity index (χ1v) is 15.7. The first-order valence-electron chi connectivity index (χ1n) is 15.7. The maximum absolute atomic E-state index is 14.7. The maximum atomic E-state index is 14.7. The fraction of sp³-hybridized carbons (Fsp3) is 0.270. The van der Waals surface area contributed by atoms with Crippen LogP contribution in [0.25, 0.3) is 11.0 Å². The quantitative estimate of drug-likeness (QED) is 0.122. The zero-order chi connectivity index (χ0) is 32.0. The molecule has 0 saturated carbocycles. The molecule has 4 aromatic carbocycles. The molecule has 236 valence electrons. The second-order valence-electron chi connectivity index (χ2n) is 11.9. The number of nitrogens with two attached hydrogens (primary N) is 2. The van der Waals surface area contributed by atoms with Gasteiger partial charge in [-0.05, 0) is 60.2 Å². The molecule has 0 aliphatic carbocycles. The third kappa shape index (κ3) is 7.17. The molecular weight excluding hydrogens is 579 g/mol. The molecule has 5 N–H and O–H groups in total. The van der Waals surface area contributed by atoms with E-state index in [2.05, 4.69) is 4.57 Å². The number of nitrogens with zero attached hydrogens (tertiary/aromatic N) is 3. The van der Waals surface area contributed by atoms with Gasteiger partial charge < -0.3 is 25.7 Å². The highest BCUT2D eigenvalue weighted by Gasteiger charge is 2.23. The van der Waals surface area contributed by atoms with Crippen LogP contribution in [-0.4, -0.2) is 38.9 Å². The second-order valence-corrected chi connectivity index (χ2v) is 11.9. The molecule has 0 radical (unpaired) electrons. The Hall–Kier alpha value is -4.86. The van der Waals surface area contributed by atoms with E-state index >= 15 is 0 Å². The van der Waals surface area contributed by atoms with E-state index < -0.39 is 0 Å². The fourth-order valence-electron chi connectivity index (χ4n) is 6.02. The number of benzene rings is 4. The number of hydrogen-bond donors (Lipinski definition) is 3. The number of ether oxygens (including phenoxy) is 1. The van der Waals surface area contributed by atoms with Crippen LogP contribution in [0.2, 0.25) is 0 Å². The van der Waals surface area contributed by atoms with Crippen LogP contribution in [0.3, 0.4) is 0 Å². The van der Waals surface area contributed by atoms with Crippen molar-refractivity contribution in [2.45, 2.75) is 58.0 Å². The SMILES string of the molecule is N=C(N)c1ccc(CCc2nc3cc(C(=O)N(Cc4ccc(CN)cc4)Cc4ccccc4F)ccc3n2CC2CCCO2)cc1. The third-order valence-corrected chi connectivity index (χ3v) is 8.63. The van der Waals surface area contributed by atoms with E-state index in [1.165, 1.54) is 6.07 Å². The summed E-state index contributed by atoms with van der Waals surface area (Å²) in [5, 5.41) is 7.65. The minimum Gasteiger partial charge on any atom is -0.384 e. The molecule has 2 heterocycles. The molecule has 1 saturated heterocycles. The Morgan fingerprint density at radius 3 is 2.35 bits per heavy atom. The Labute approximate surface area is 268 Å². The largest absolute Gasteiger partial charge is 0.384 e. The number of carbonyl (C=O) groups is 1. The Bertz CT molecular complexity index is 1830. The van der Waals surface area contributed by atoms with Crippen LogP contribution < -0.4 is 11.5 Å². The standard InChI is InChI=1S/C37H39FN6O2/c38-32-6-2-1-4-30(32)23-43(22-27-9-7-26(21-39)8-10-27)37(45)29-16-17-34-33(20-29)42-35(44(34)24-31-5-3-19-46-31)18-13-25-11-14-28(15-12-25)36(40)41/h1-2,4,6-12,14-17,20,31H,3,5,13,18-19,21-24,39H2,(H3,40,41). The van der Waals surface area contributed by atoms with Crippen LogP contribution in [0.1, 0.15) is 56.8 Å². The van der Waals surface area contributed by atoms with E-state index in [9.17, 15) is 9.18 Å². The van der Waals surface area contributed by atoms with Crippen LogP contribution >= 0.6 is 0 Å². The van der Waals surface area contributed by atoms with Crippen molar-refractivity contribution >= 4 is 22.8 Å². The second kappa shape index (κ2) is 14.1. The minimum atomic E-state index is -0.345. The van der Waals surface area contributed by atoms with Crippen molar-refractivity contribution in [2.75, 3.05) is 6.61 Å². The van der Waals surface area contributed by atoms with Crippen molar-refractivity contribution in [3.05, 3.63) is 136 Å². The van der Waals surface area contributed by atoms with Gasteiger partial charge in [-0.1, -0.05) is 66.7 Å². The Morgan fingerprint density at radius 2 is 1.65 bits per heavy atom. The van der Waals surface area contributed by atoms with Crippen LogP contribution in [-0.2, 0) is 43.8 Å². The number of rotatable bonds is 12. The van der Waals surface area contributed by atoms with Crippen LogP contribution in [0.4, 0.5) is 4.39 Å². The molecule has 5 aromatic rings. The van der Waals surface area contributed by atoms with Gasteiger partial charge in [-0.3, -0.25) is 10.2 Å². The molecule has 8 nitrogen and oxygen atoms in total. The predicted octanol–water partition coefficient (Wildman–Crippen LogP) is 5.72. The molecule has 0 bridgehead atoms. The summed E-state index contributed by atoms with van der Waals surface area (Å²) in [5.74, 6) is 0.428. The van der Waals surface area contributed by atoms with E-state index in [1.54, 1.807) is 23.1 Å². The molecule has 0 spiro atoms. The molecule has 1 aliphatic rings. The minimum absolute atomic E-state index is 0.0484. The van der Waals surface area contributed by atoms with Gasteiger partial charge in [-0.25, -0.2) is 9.37 Å². The summed E-state index contributed by atoms with van der Waals surface area (Å²) in [6, 6.07) is 27.8. The monoisotopic (exact) mass is 618 g/mol. The molecule has 1 fully saturated rings. The van der Waals surface area contributed by atoms with Crippen molar-refractivity contribution in [3.8, 4) is 0 Å². The Morgan fingerprint density at radius 1 is 0.935 bits per heavy atom. The van der Waals surface area contributed by atoms with Crippen molar-refractivity contribution in [3.63, 3.8) is 0 Å². The highest BCUT2D eigenvalue weighted by atomic mass is 19.1. The topological polar surface area (TPSA) is 123 Å². The molecule has 1 amide bonds. The number of fused-ring (bicyclic) bond motifs is 1. The molecular formula is C37H39FN6O2. The van der Waals surface area contributed by atoms with Gasteiger partial charge in [0.25, 0.3) is 5.91 Å².